The van der Waals surface area contributed by atoms with E-state index in [4.69, 9.17) is 5.73 Å². The maximum atomic E-state index is 12.6. The third kappa shape index (κ3) is 4.08. The molecule has 3 rings (SSSR count). The summed E-state index contributed by atoms with van der Waals surface area (Å²) >= 11 is 0. The first-order chi connectivity index (χ1) is 13.4. The zero-order valence-electron chi connectivity index (χ0n) is 17.2. The number of anilines is 1. The van der Waals surface area contributed by atoms with Crippen molar-refractivity contribution in [3.63, 3.8) is 0 Å². The van der Waals surface area contributed by atoms with Crippen molar-refractivity contribution in [3.8, 4) is 0 Å². The van der Waals surface area contributed by atoms with Crippen LogP contribution >= 0.6 is 0 Å². The molecule has 2 aliphatic heterocycles. The van der Waals surface area contributed by atoms with Gasteiger partial charge in [0.2, 0.25) is 10.0 Å². The van der Waals surface area contributed by atoms with E-state index in [-0.39, 0.29) is 11.9 Å². The van der Waals surface area contributed by atoms with Gasteiger partial charge in [-0.25, -0.2) is 13.2 Å². The van der Waals surface area contributed by atoms with Crippen molar-refractivity contribution in [2.24, 2.45) is 5.73 Å². The van der Waals surface area contributed by atoms with E-state index in [2.05, 4.69) is 5.32 Å². The monoisotopic (exact) mass is 420 g/mol. The fourth-order valence-electron chi connectivity index (χ4n) is 3.82. The molecule has 8 nitrogen and oxygen atoms in total. The molecule has 3 N–H and O–H groups in total. The minimum absolute atomic E-state index is 0.0568. The molecule has 0 atom stereocenters. The standard InChI is InChI=1S/C20H28N4O4S/c1-13-11-16(24-19(26)22-18(25)20(24,3)4)12-14(2)17(13)7-10-29(27,28)23-8-5-15(21)6-9-23/h7,10-12,15H,5-6,8-9,21H2,1-4H3,(H,22,25,26)/b10-7+. The van der Waals surface area contributed by atoms with Gasteiger partial charge in [-0.05, 0) is 75.4 Å². The molecule has 2 fully saturated rings. The van der Waals surface area contributed by atoms with Gasteiger partial charge in [-0.15, -0.1) is 0 Å². The molecule has 0 aromatic heterocycles. The fraction of sp³-hybridized carbons (Fsp3) is 0.500. The van der Waals surface area contributed by atoms with Crippen molar-refractivity contribution in [1.82, 2.24) is 9.62 Å². The maximum Gasteiger partial charge on any atom is 0.329 e. The summed E-state index contributed by atoms with van der Waals surface area (Å²) in [7, 11) is -3.52. The SMILES string of the molecule is Cc1cc(N2C(=O)NC(=O)C2(C)C)cc(C)c1/C=C/S(=O)(=O)N1CCC(N)CC1. The highest BCUT2D eigenvalue weighted by atomic mass is 32.2. The Hall–Kier alpha value is -2.23. The first-order valence-corrected chi connectivity index (χ1v) is 11.1. The number of sulfonamides is 1. The number of piperidine rings is 1. The van der Waals surface area contributed by atoms with Crippen LogP contribution in [0.5, 0.6) is 0 Å². The molecule has 2 saturated heterocycles. The van der Waals surface area contributed by atoms with Gasteiger partial charge in [0.15, 0.2) is 0 Å². The summed E-state index contributed by atoms with van der Waals surface area (Å²) in [6, 6.07) is 3.17. The summed E-state index contributed by atoms with van der Waals surface area (Å²) in [5.41, 5.74) is 7.86. The van der Waals surface area contributed by atoms with E-state index >= 15 is 0 Å². The van der Waals surface area contributed by atoms with Crippen molar-refractivity contribution in [2.45, 2.75) is 52.1 Å². The highest BCUT2D eigenvalue weighted by Crippen LogP contribution is 2.32. The molecule has 9 heteroatoms. The molecule has 2 heterocycles. The minimum atomic E-state index is -3.52. The van der Waals surface area contributed by atoms with Crippen LogP contribution in [0.3, 0.4) is 0 Å². The third-order valence-corrected chi connectivity index (χ3v) is 7.20. The van der Waals surface area contributed by atoms with Gasteiger partial charge in [-0.2, -0.15) is 4.31 Å². The Bertz CT molecular complexity index is 953. The number of hydrogen-bond acceptors (Lipinski definition) is 5. The van der Waals surface area contributed by atoms with Crippen LogP contribution in [0.15, 0.2) is 17.5 Å². The smallest absolute Gasteiger partial charge is 0.328 e. The lowest BCUT2D eigenvalue weighted by molar-refractivity contribution is -0.122. The summed E-state index contributed by atoms with van der Waals surface area (Å²) < 4.78 is 26.7. The molecule has 0 spiro atoms. The number of hydrogen-bond donors (Lipinski definition) is 2. The molecular formula is C20H28N4O4S. The van der Waals surface area contributed by atoms with Crippen LogP contribution in [0.1, 0.15) is 43.4 Å². The Balaban J connectivity index is 1.88. The average Bonchev–Trinajstić information content (AvgIpc) is 2.81. The molecule has 0 unspecified atom stereocenters. The molecule has 0 saturated carbocycles. The zero-order chi connectivity index (χ0) is 21.6. The zero-order valence-corrected chi connectivity index (χ0v) is 18.0. The van der Waals surface area contributed by atoms with Gasteiger partial charge in [0.05, 0.1) is 0 Å². The van der Waals surface area contributed by atoms with E-state index < -0.39 is 21.6 Å². The fourth-order valence-corrected chi connectivity index (χ4v) is 5.02. The van der Waals surface area contributed by atoms with Gasteiger partial charge < -0.3 is 5.73 Å². The molecule has 3 amide bonds. The lowest BCUT2D eigenvalue weighted by atomic mass is 9.98. The second-order valence-electron chi connectivity index (χ2n) is 8.23. The molecule has 1 aromatic rings. The number of aryl methyl sites for hydroxylation is 2. The number of imide groups is 1. The summed E-state index contributed by atoms with van der Waals surface area (Å²) in [5, 5.41) is 3.57. The highest BCUT2D eigenvalue weighted by Gasteiger charge is 2.46. The summed E-state index contributed by atoms with van der Waals surface area (Å²) in [5.74, 6) is -0.353. The van der Waals surface area contributed by atoms with E-state index in [0.717, 1.165) is 16.7 Å². The van der Waals surface area contributed by atoms with Crippen molar-refractivity contribution >= 4 is 33.7 Å². The second-order valence-corrected chi connectivity index (χ2v) is 10.0. The Morgan fingerprint density at radius 2 is 1.69 bits per heavy atom. The van der Waals surface area contributed by atoms with Gasteiger partial charge in [0.1, 0.15) is 5.54 Å². The van der Waals surface area contributed by atoms with Gasteiger partial charge in [-0.3, -0.25) is 15.0 Å². The van der Waals surface area contributed by atoms with Crippen LogP contribution in [0.25, 0.3) is 6.08 Å². The van der Waals surface area contributed by atoms with E-state index in [1.165, 1.54) is 14.6 Å². The number of rotatable bonds is 4. The summed E-state index contributed by atoms with van der Waals surface area (Å²) in [6.07, 6.45) is 2.91. The second kappa shape index (κ2) is 7.55. The number of amides is 3. The summed E-state index contributed by atoms with van der Waals surface area (Å²) in [4.78, 5) is 25.7. The number of benzene rings is 1. The Labute approximate surface area is 171 Å². The number of nitrogens with two attached hydrogens (primary N) is 1. The molecule has 0 bridgehead atoms. The van der Waals surface area contributed by atoms with Crippen molar-refractivity contribution < 1.29 is 18.0 Å². The Morgan fingerprint density at radius 1 is 1.14 bits per heavy atom. The number of nitrogens with zero attached hydrogens (tertiary/aromatic N) is 2. The van der Waals surface area contributed by atoms with Crippen LogP contribution in [0.4, 0.5) is 10.5 Å². The van der Waals surface area contributed by atoms with E-state index in [1.807, 2.05) is 13.8 Å². The van der Waals surface area contributed by atoms with Crippen LogP contribution in [-0.2, 0) is 14.8 Å². The molecular weight excluding hydrogens is 392 g/mol. The largest absolute Gasteiger partial charge is 0.329 e. The van der Waals surface area contributed by atoms with E-state index in [1.54, 1.807) is 32.1 Å². The molecule has 158 valence electrons. The van der Waals surface area contributed by atoms with Gasteiger partial charge >= 0.3 is 6.03 Å². The number of nitrogens with one attached hydrogen (secondary N) is 1. The van der Waals surface area contributed by atoms with E-state index in [0.29, 0.717) is 31.6 Å². The van der Waals surface area contributed by atoms with Crippen LogP contribution in [0.2, 0.25) is 0 Å². The third-order valence-electron chi connectivity index (χ3n) is 5.64. The number of urea groups is 1. The quantitative estimate of drug-likeness (QED) is 0.722. The van der Waals surface area contributed by atoms with Crippen molar-refractivity contribution in [2.75, 3.05) is 18.0 Å². The van der Waals surface area contributed by atoms with Gasteiger partial charge in [-0.1, -0.05) is 0 Å². The van der Waals surface area contributed by atoms with Crippen LogP contribution in [-0.4, -0.2) is 49.3 Å². The van der Waals surface area contributed by atoms with Crippen LogP contribution < -0.4 is 16.0 Å². The lowest BCUT2D eigenvalue weighted by Crippen LogP contribution is -2.44. The topological polar surface area (TPSA) is 113 Å². The first kappa shape index (κ1) is 21.5. The average molecular weight is 421 g/mol. The molecule has 0 radical (unpaired) electrons. The van der Waals surface area contributed by atoms with Crippen molar-refractivity contribution in [1.29, 1.82) is 0 Å². The Morgan fingerprint density at radius 3 is 2.17 bits per heavy atom. The molecule has 29 heavy (non-hydrogen) atoms. The normalized spacial score (nSPS) is 21.2. The predicted octanol–water partition coefficient (Wildman–Crippen LogP) is 1.86. The van der Waals surface area contributed by atoms with Gasteiger partial charge in [0.25, 0.3) is 5.91 Å². The number of carbonyl (C=O) groups is 2. The maximum absolute atomic E-state index is 12.6. The molecule has 1 aromatic carbocycles. The highest BCUT2D eigenvalue weighted by molar-refractivity contribution is 7.92. The lowest BCUT2D eigenvalue weighted by Gasteiger charge is -2.29. The molecule has 2 aliphatic rings. The van der Waals surface area contributed by atoms with Crippen LogP contribution in [0, 0.1) is 13.8 Å². The van der Waals surface area contributed by atoms with Crippen molar-refractivity contribution in [3.05, 3.63) is 34.2 Å². The Kier molecular flexibility index (Phi) is 5.59. The summed E-state index contributed by atoms with van der Waals surface area (Å²) in [6.45, 7) is 7.93. The first-order valence-electron chi connectivity index (χ1n) is 9.64. The predicted molar refractivity (Wildman–Crippen MR) is 113 cm³/mol. The van der Waals surface area contributed by atoms with E-state index in [9.17, 15) is 18.0 Å². The van der Waals surface area contributed by atoms with Gasteiger partial charge in [0, 0.05) is 30.2 Å². The number of carbonyl (C=O) groups excluding carboxylic acids is 2. The minimum Gasteiger partial charge on any atom is -0.328 e. The molecule has 0 aliphatic carbocycles.